The molecule has 1 aliphatic carbocycles. The van der Waals surface area contributed by atoms with Crippen LogP contribution < -0.4 is 0 Å². The van der Waals surface area contributed by atoms with E-state index >= 15 is 0 Å². The normalized spacial score (nSPS) is 26.2. The van der Waals surface area contributed by atoms with Gasteiger partial charge in [-0.3, -0.25) is 4.79 Å². The van der Waals surface area contributed by atoms with E-state index in [4.69, 9.17) is 9.73 Å². The molecule has 1 unspecified atom stereocenters. The number of ether oxygens (including phenoxy) is 1. The number of aliphatic imine (C=N–C) groups is 1. The fourth-order valence-electron chi connectivity index (χ4n) is 3.47. The summed E-state index contributed by atoms with van der Waals surface area (Å²) in [5.74, 6) is 1.70. The first-order chi connectivity index (χ1) is 10.3. The maximum atomic E-state index is 12.3. The number of ketones is 1. The van der Waals surface area contributed by atoms with Crippen molar-refractivity contribution < 1.29 is 9.53 Å². The van der Waals surface area contributed by atoms with E-state index in [1.165, 1.54) is 19.3 Å². The third-order valence-corrected chi connectivity index (χ3v) is 4.93. The Morgan fingerprint density at radius 3 is 2.90 bits per heavy atom. The number of rotatable bonds is 3. The maximum Gasteiger partial charge on any atom is 0.173 e. The summed E-state index contributed by atoms with van der Waals surface area (Å²) in [6.45, 7) is 1.50. The van der Waals surface area contributed by atoms with Crippen LogP contribution in [0, 0.1) is 5.92 Å². The number of carbonyl (C=O) groups excluding carboxylic acids is 1. The van der Waals surface area contributed by atoms with Crippen molar-refractivity contribution in [1.82, 2.24) is 9.78 Å². The van der Waals surface area contributed by atoms with Crippen LogP contribution in [0.5, 0.6) is 0 Å². The molecule has 1 atom stereocenters. The van der Waals surface area contributed by atoms with Crippen LogP contribution in [0.2, 0.25) is 0 Å². The van der Waals surface area contributed by atoms with Gasteiger partial charge in [0.15, 0.2) is 11.6 Å². The summed E-state index contributed by atoms with van der Waals surface area (Å²) in [4.78, 5) is 17.1. The van der Waals surface area contributed by atoms with Crippen molar-refractivity contribution >= 4 is 17.3 Å². The van der Waals surface area contributed by atoms with Crippen LogP contribution in [-0.2, 0) is 4.74 Å². The van der Waals surface area contributed by atoms with Crippen molar-refractivity contribution in [2.24, 2.45) is 10.9 Å². The molecule has 0 spiro atoms. The lowest BCUT2D eigenvalue weighted by molar-refractivity contribution is 0.0555. The molecule has 0 bridgehead atoms. The van der Waals surface area contributed by atoms with Gasteiger partial charge in [0.1, 0.15) is 0 Å². The largest absolute Gasteiger partial charge is 0.379 e. The minimum atomic E-state index is 0.178. The average molecular weight is 287 g/mol. The van der Waals surface area contributed by atoms with E-state index in [0.29, 0.717) is 18.6 Å². The number of aromatic nitrogens is 2. The summed E-state index contributed by atoms with van der Waals surface area (Å²) in [6.07, 6.45) is 9.16. The smallest absolute Gasteiger partial charge is 0.173 e. The van der Waals surface area contributed by atoms with Crippen LogP contribution in [-0.4, -0.2) is 34.5 Å². The summed E-state index contributed by atoms with van der Waals surface area (Å²) >= 11 is 0. The van der Waals surface area contributed by atoms with E-state index in [-0.39, 0.29) is 11.8 Å². The second-order valence-corrected chi connectivity index (χ2v) is 6.48. The molecule has 112 valence electrons. The van der Waals surface area contributed by atoms with E-state index in [1.54, 1.807) is 6.20 Å². The van der Waals surface area contributed by atoms with Crippen LogP contribution in [0.25, 0.3) is 0 Å². The Morgan fingerprint density at radius 1 is 1.29 bits per heavy atom. The number of nitrogens with zero attached hydrogens (tertiary/aromatic N) is 3. The van der Waals surface area contributed by atoms with Crippen LogP contribution in [0.1, 0.15) is 61.3 Å². The molecular weight excluding hydrogens is 266 g/mol. The second-order valence-electron chi connectivity index (χ2n) is 6.48. The van der Waals surface area contributed by atoms with Gasteiger partial charge >= 0.3 is 0 Å². The first kappa shape index (κ1) is 13.2. The SMILES string of the molecule is O=C1CC(CC2CCC2)=Nc2c1cnn2C1CCCOC1. The molecule has 5 heteroatoms. The van der Waals surface area contributed by atoms with Crippen molar-refractivity contribution in [1.29, 1.82) is 0 Å². The third-order valence-electron chi connectivity index (χ3n) is 4.93. The van der Waals surface area contributed by atoms with Crippen molar-refractivity contribution in [3.05, 3.63) is 11.8 Å². The molecule has 2 fully saturated rings. The van der Waals surface area contributed by atoms with Crippen molar-refractivity contribution in [3.8, 4) is 0 Å². The highest BCUT2D eigenvalue weighted by Crippen LogP contribution is 2.35. The predicted octanol–water partition coefficient (Wildman–Crippen LogP) is 3.08. The number of carbonyl (C=O) groups is 1. The summed E-state index contributed by atoms with van der Waals surface area (Å²) in [6, 6.07) is 0.224. The van der Waals surface area contributed by atoms with E-state index < -0.39 is 0 Å². The summed E-state index contributed by atoms with van der Waals surface area (Å²) < 4.78 is 7.47. The minimum absolute atomic E-state index is 0.178. The van der Waals surface area contributed by atoms with Gasteiger partial charge in [-0.25, -0.2) is 9.67 Å². The van der Waals surface area contributed by atoms with E-state index in [0.717, 1.165) is 43.3 Å². The van der Waals surface area contributed by atoms with Gasteiger partial charge in [-0.15, -0.1) is 0 Å². The molecule has 21 heavy (non-hydrogen) atoms. The highest BCUT2D eigenvalue weighted by Gasteiger charge is 2.29. The highest BCUT2D eigenvalue weighted by molar-refractivity contribution is 6.15. The number of Topliss-reactive ketones (excluding diaryl/α,β-unsaturated/α-hetero) is 1. The van der Waals surface area contributed by atoms with E-state index in [2.05, 4.69) is 5.10 Å². The molecule has 3 heterocycles. The third kappa shape index (κ3) is 2.44. The molecule has 0 amide bonds. The molecule has 5 nitrogen and oxygen atoms in total. The molecule has 1 aromatic heterocycles. The highest BCUT2D eigenvalue weighted by atomic mass is 16.5. The zero-order chi connectivity index (χ0) is 14.2. The molecule has 0 N–H and O–H groups in total. The quantitative estimate of drug-likeness (QED) is 0.858. The zero-order valence-corrected chi connectivity index (χ0v) is 12.3. The Kier molecular flexibility index (Phi) is 3.37. The molecule has 4 rings (SSSR count). The van der Waals surface area contributed by atoms with Gasteiger partial charge in [0, 0.05) is 18.7 Å². The van der Waals surface area contributed by atoms with Crippen molar-refractivity contribution in [2.75, 3.05) is 13.2 Å². The van der Waals surface area contributed by atoms with Crippen LogP contribution in [0.4, 0.5) is 5.82 Å². The Labute approximate surface area is 124 Å². The van der Waals surface area contributed by atoms with Crippen LogP contribution in [0.15, 0.2) is 11.2 Å². The Morgan fingerprint density at radius 2 is 2.19 bits per heavy atom. The monoisotopic (exact) mass is 287 g/mol. The lowest BCUT2D eigenvalue weighted by atomic mass is 9.80. The van der Waals surface area contributed by atoms with E-state index in [1.807, 2.05) is 4.68 Å². The lowest BCUT2D eigenvalue weighted by Gasteiger charge is -2.27. The molecule has 1 saturated carbocycles. The molecular formula is C16H21N3O2. The first-order valence-electron chi connectivity index (χ1n) is 8.06. The number of fused-ring (bicyclic) bond motifs is 1. The predicted molar refractivity (Wildman–Crippen MR) is 79.3 cm³/mol. The van der Waals surface area contributed by atoms with Gasteiger partial charge in [-0.05, 0) is 25.2 Å². The average Bonchev–Trinajstić information content (AvgIpc) is 2.88. The molecule has 0 aromatic carbocycles. The maximum absolute atomic E-state index is 12.3. The lowest BCUT2D eigenvalue weighted by Crippen LogP contribution is -2.24. The molecule has 0 radical (unpaired) electrons. The molecule has 1 saturated heterocycles. The number of hydrogen-bond acceptors (Lipinski definition) is 4. The number of hydrogen-bond donors (Lipinski definition) is 0. The van der Waals surface area contributed by atoms with Gasteiger partial charge in [0.25, 0.3) is 0 Å². The standard InChI is InChI=1S/C16H21N3O2/c20-15-8-12(7-11-3-1-4-11)18-16-14(15)9-17-19(16)13-5-2-6-21-10-13/h9,11,13H,1-8,10H2. The Hall–Kier alpha value is -1.49. The molecule has 2 aliphatic heterocycles. The fraction of sp³-hybridized carbons (Fsp3) is 0.688. The molecule has 1 aromatic rings. The van der Waals surface area contributed by atoms with E-state index in [9.17, 15) is 4.79 Å². The van der Waals surface area contributed by atoms with Crippen LogP contribution >= 0.6 is 0 Å². The van der Waals surface area contributed by atoms with Gasteiger partial charge in [0.2, 0.25) is 0 Å². The van der Waals surface area contributed by atoms with Crippen molar-refractivity contribution in [3.63, 3.8) is 0 Å². The fourth-order valence-corrected chi connectivity index (χ4v) is 3.47. The molecule has 3 aliphatic rings. The summed E-state index contributed by atoms with van der Waals surface area (Å²) in [5.41, 5.74) is 1.74. The Balaban J connectivity index is 1.62. The zero-order valence-electron chi connectivity index (χ0n) is 12.3. The van der Waals surface area contributed by atoms with Gasteiger partial charge in [-0.2, -0.15) is 5.10 Å². The van der Waals surface area contributed by atoms with Crippen LogP contribution in [0.3, 0.4) is 0 Å². The van der Waals surface area contributed by atoms with Crippen molar-refractivity contribution in [2.45, 2.75) is 51.0 Å². The van der Waals surface area contributed by atoms with Gasteiger partial charge < -0.3 is 4.74 Å². The minimum Gasteiger partial charge on any atom is -0.379 e. The summed E-state index contributed by atoms with van der Waals surface area (Å²) in [7, 11) is 0. The summed E-state index contributed by atoms with van der Waals surface area (Å²) in [5, 5.41) is 4.43. The van der Waals surface area contributed by atoms with Gasteiger partial charge in [-0.1, -0.05) is 19.3 Å². The first-order valence-corrected chi connectivity index (χ1v) is 8.06. The van der Waals surface area contributed by atoms with Gasteiger partial charge in [0.05, 0.1) is 24.4 Å². The Bertz CT molecular complexity index is 580. The second kappa shape index (κ2) is 5.37. The topological polar surface area (TPSA) is 56.5 Å².